The lowest BCUT2D eigenvalue weighted by atomic mass is 10.1. The predicted molar refractivity (Wildman–Crippen MR) is 86.4 cm³/mol. The lowest BCUT2D eigenvalue weighted by Gasteiger charge is -2.19. The molecule has 0 aliphatic heterocycles. The summed E-state index contributed by atoms with van der Waals surface area (Å²) in [7, 11) is 0. The van der Waals surface area contributed by atoms with Crippen molar-refractivity contribution < 1.29 is 9.53 Å². The summed E-state index contributed by atoms with van der Waals surface area (Å²) in [5.74, 6) is 0.640. The minimum absolute atomic E-state index is 0.0682. The maximum absolute atomic E-state index is 12.1. The standard InChI is InChI=1S/C17H28N2O2/c1-5-15(6-2)19-17(20)13(4)21-16-9-7-8-14(11-16)10-12(3)18/h7-9,11-13,15H,5-6,10,18H2,1-4H3,(H,19,20). The first-order chi connectivity index (χ1) is 9.96. The van der Waals surface area contributed by atoms with Crippen LogP contribution in [0.1, 0.15) is 46.1 Å². The van der Waals surface area contributed by atoms with Crippen molar-refractivity contribution in [2.45, 2.75) is 65.1 Å². The lowest BCUT2D eigenvalue weighted by Crippen LogP contribution is -2.42. The summed E-state index contributed by atoms with van der Waals surface area (Å²) in [6.07, 6.45) is 2.15. The number of carbonyl (C=O) groups excluding carboxylic acids is 1. The molecule has 0 aliphatic carbocycles. The van der Waals surface area contributed by atoms with E-state index in [9.17, 15) is 4.79 Å². The molecule has 1 rings (SSSR count). The zero-order valence-electron chi connectivity index (χ0n) is 13.6. The molecule has 0 radical (unpaired) electrons. The topological polar surface area (TPSA) is 64.3 Å². The molecule has 2 unspecified atom stereocenters. The van der Waals surface area contributed by atoms with E-state index in [1.54, 1.807) is 6.92 Å². The Hall–Kier alpha value is -1.55. The quantitative estimate of drug-likeness (QED) is 0.774. The number of ether oxygens (including phenoxy) is 1. The smallest absolute Gasteiger partial charge is 0.260 e. The third-order valence-electron chi connectivity index (χ3n) is 3.47. The minimum Gasteiger partial charge on any atom is -0.481 e. The SMILES string of the molecule is CCC(CC)NC(=O)C(C)Oc1cccc(CC(C)N)c1. The summed E-state index contributed by atoms with van der Waals surface area (Å²) in [6.45, 7) is 7.88. The van der Waals surface area contributed by atoms with Crippen LogP contribution in [0.25, 0.3) is 0 Å². The summed E-state index contributed by atoms with van der Waals surface area (Å²) in [5, 5.41) is 3.00. The number of amides is 1. The highest BCUT2D eigenvalue weighted by Gasteiger charge is 2.17. The number of carbonyl (C=O) groups is 1. The van der Waals surface area contributed by atoms with Gasteiger partial charge >= 0.3 is 0 Å². The molecule has 0 saturated carbocycles. The highest BCUT2D eigenvalue weighted by molar-refractivity contribution is 5.81. The van der Waals surface area contributed by atoms with Crippen molar-refractivity contribution in [2.24, 2.45) is 5.73 Å². The summed E-state index contributed by atoms with van der Waals surface area (Å²) >= 11 is 0. The molecule has 0 heterocycles. The van der Waals surface area contributed by atoms with Crippen LogP contribution < -0.4 is 15.8 Å². The van der Waals surface area contributed by atoms with Gasteiger partial charge in [0.1, 0.15) is 5.75 Å². The Morgan fingerprint density at radius 3 is 2.52 bits per heavy atom. The van der Waals surface area contributed by atoms with Crippen molar-refractivity contribution in [1.29, 1.82) is 0 Å². The van der Waals surface area contributed by atoms with E-state index in [1.807, 2.05) is 31.2 Å². The maximum atomic E-state index is 12.1. The average molecular weight is 292 g/mol. The lowest BCUT2D eigenvalue weighted by molar-refractivity contribution is -0.128. The number of hydrogen-bond acceptors (Lipinski definition) is 3. The molecule has 21 heavy (non-hydrogen) atoms. The highest BCUT2D eigenvalue weighted by Crippen LogP contribution is 2.16. The number of rotatable bonds is 8. The average Bonchev–Trinajstić information content (AvgIpc) is 2.44. The zero-order chi connectivity index (χ0) is 15.8. The Morgan fingerprint density at radius 1 is 1.29 bits per heavy atom. The Morgan fingerprint density at radius 2 is 1.95 bits per heavy atom. The van der Waals surface area contributed by atoms with Gasteiger partial charge in [-0.15, -0.1) is 0 Å². The molecule has 0 aromatic heterocycles. The van der Waals surface area contributed by atoms with Crippen molar-refractivity contribution in [3.8, 4) is 5.75 Å². The fourth-order valence-corrected chi connectivity index (χ4v) is 2.19. The fraction of sp³-hybridized carbons (Fsp3) is 0.588. The van der Waals surface area contributed by atoms with Crippen molar-refractivity contribution in [2.75, 3.05) is 0 Å². The van der Waals surface area contributed by atoms with Gasteiger partial charge in [-0.2, -0.15) is 0 Å². The van der Waals surface area contributed by atoms with E-state index < -0.39 is 6.10 Å². The van der Waals surface area contributed by atoms with Crippen LogP contribution in [0, 0.1) is 0 Å². The highest BCUT2D eigenvalue weighted by atomic mass is 16.5. The second kappa shape index (κ2) is 8.67. The van der Waals surface area contributed by atoms with Gasteiger partial charge in [0.2, 0.25) is 0 Å². The van der Waals surface area contributed by atoms with E-state index in [0.717, 1.165) is 24.8 Å². The molecular formula is C17H28N2O2. The number of nitrogens with one attached hydrogen (secondary N) is 1. The normalized spacial score (nSPS) is 13.8. The molecule has 1 aromatic rings. The second-order valence-corrected chi connectivity index (χ2v) is 5.61. The van der Waals surface area contributed by atoms with E-state index in [0.29, 0.717) is 5.75 Å². The van der Waals surface area contributed by atoms with Crippen LogP contribution in [-0.2, 0) is 11.2 Å². The molecule has 1 aromatic carbocycles. The van der Waals surface area contributed by atoms with E-state index in [-0.39, 0.29) is 18.0 Å². The van der Waals surface area contributed by atoms with E-state index in [4.69, 9.17) is 10.5 Å². The molecule has 2 atom stereocenters. The Kier molecular flexibility index (Phi) is 7.23. The Bertz CT molecular complexity index is 442. The van der Waals surface area contributed by atoms with Gasteiger partial charge < -0.3 is 15.8 Å². The third kappa shape index (κ3) is 6.17. The molecule has 118 valence electrons. The maximum Gasteiger partial charge on any atom is 0.260 e. The van der Waals surface area contributed by atoms with Gasteiger partial charge in [-0.3, -0.25) is 4.79 Å². The molecule has 4 nitrogen and oxygen atoms in total. The first kappa shape index (κ1) is 17.5. The van der Waals surface area contributed by atoms with Crippen molar-refractivity contribution in [3.63, 3.8) is 0 Å². The van der Waals surface area contributed by atoms with Crippen LogP contribution in [0.15, 0.2) is 24.3 Å². The minimum atomic E-state index is -0.504. The number of hydrogen-bond donors (Lipinski definition) is 2. The molecular weight excluding hydrogens is 264 g/mol. The van der Waals surface area contributed by atoms with Gasteiger partial charge in [-0.1, -0.05) is 26.0 Å². The number of nitrogens with two attached hydrogens (primary N) is 1. The van der Waals surface area contributed by atoms with Gasteiger partial charge in [-0.25, -0.2) is 0 Å². The van der Waals surface area contributed by atoms with Crippen LogP contribution in [0.4, 0.5) is 0 Å². The summed E-state index contributed by atoms with van der Waals surface area (Å²) in [4.78, 5) is 12.1. The van der Waals surface area contributed by atoms with Gasteiger partial charge in [0, 0.05) is 12.1 Å². The van der Waals surface area contributed by atoms with Crippen LogP contribution in [0.5, 0.6) is 5.75 Å². The predicted octanol–water partition coefficient (Wildman–Crippen LogP) is 2.65. The Labute approximate surface area is 128 Å². The molecule has 3 N–H and O–H groups in total. The third-order valence-corrected chi connectivity index (χ3v) is 3.47. The number of benzene rings is 1. The van der Waals surface area contributed by atoms with Gasteiger partial charge in [0.05, 0.1) is 0 Å². The monoisotopic (exact) mass is 292 g/mol. The molecule has 0 bridgehead atoms. The Balaban J connectivity index is 2.61. The summed E-state index contributed by atoms with van der Waals surface area (Å²) < 4.78 is 5.74. The van der Waals surface area contributed by atoms with Crippen molar-refractivity contribution >= 4 is 5.91 Å². The van der Waals surface area contributed by atoms with Gasteiger partial charge in [-0.05, 0) is 50.8 Å². The van der Waals surface area contributed by atoms with Crippen LogP contribution >= 0.6 is 0 Å². The molecule has 0 spiro atoms. The molecule has 0 aliphatic rings. The van der Waals surface area contributed by atoms with E-state index in [2.05, 4.69) is 19.2 Å². The first-order valence-corrected chi connectivity index (χ1v) is 7.77. The molecule has 0 fully saturated rings. The van der Waals surface area contributed by atoms with Gasteiger partial charge in [0.25, 0.3) is 5.91 Å². The van der Waals surface area contributed by atoms with Crippen LogP contribution in [0.3, 0.4) is 0 Å². The molecule has 1 amide bonds. The van der Waals surface area contributed by atoms with Crippen molar-refractivity contribution in [3.05, 3.63) is 29.8 Å². The largest absolute Gasteiger partial charge is 0.481 e. The van der Waals surface area contributed by atoms with E-state index in [1.165, 1.54) is 0 Å². The zero-order valence-corrected chi connectivity index (χ0v) is 13.6. The van der Waals surface area contributed by atoms with Crippen molar-refractivity contribution in [1.82, 2.24) is 5.32 Å². The fourth-order valence-electron chi connectivity index (χ4n) is 2.19. The second-order valence-electron chi connectivity index (χ2n) is 5.61. The van der Waals surface area contributed by atoms with Gasteiger partial charge in [0.15, 0.2) is 6.10 Å². The van der Waals surface area contributed by atoms with Crippen LogP contribution in [0.2, 0.25) is 0 Å². The summed E-state index contributed by atoms with van der Waals surface area (Å²) in [5.41, 5.74) is 6.92. The first-order valence-electron chi connectivity index (χ1n) is 7.77. The summed E-state index contributed by atoms with van der Waals surface area (Å²) in [6, 6.07) is 8.09. The molecule has 4 heteroatoms. The van der Waals surface area contributed by atoms with E-state index >= 15 is 0 Å². The van der Waals surface area contributed by atoms with Crippen LogP contribution in [-0.4, -0.2) is 24.1 Å². The molecule has 0 saturated heterocycles.